The highest BCUT2D eigenvalue weighted by Crippen LogP contribution is 2.30. The molecule has 2 aromatic carbocycles. The number of carbonyl (C=O) groups is 2. The van der Waals surface area contributed by atoms with E-state index < -0.39 is 31.4 Å². The highest BCUT2D eigenvalue weighted by Gasteiger charge is 2.27. The molecular formula is C35H34N8O7S3. The Bertz CT molecular complexity index is 2190. The molecule has 0 bridgehead atoms. The molecule has 0 spiro atoms. The van der Waals surface area contributed by atoms with Gasteiger partial charge in [0.1, 0.15) is 11.4 Å². The van der Waals surface area contributed by atoms with Crippen molar-refractivity contribution < 1.29 is 27.7 Å². The van der Waals surface area contributed by atoms with Crippen LogP contribution in [-0.2, 0) is 10.0 Å². The molecule has 0 saturated carbocycles. The molecule has 0 aliphatic carbocycles. The van der Waals surface area contributed by atoms with Crippen LogP contribution in [0.1, 0.15) is 27.1 Å². The fourth-order valence-electron chi connectivity index (χ4n) is 5.42. The van der Waals surface area contributed by atoms with Crippen molar-refractivity contribution in [1.29, 1.82) is 0 Å². The number of aromatic nitrogens is 3. The molecule has 1 fully saturated rings. The molecule has 274 valence electrons. The first-order valence-electron chi connectivity index (χ1n) is 16.4. The molecule has 0 atom stereocenters. The maximum atomic E-state index is 13.3. The third-order valence-corrected chi connectivity index (χ3v) is 11.3. The number of sulfonamides is 1. The SMILES string of the molecule is CCOc1cncc(-c2csc(C(=O)N3CCN(c4ccc(C(=O)NS(=O)(=O)c5ccc(NCCSc6ccccc6)c([N+](=O)[O-])c5)nn4)CC3)c2)c1. The van der Waals surface area contributed by atoms with Crippen LogP contribution in [0.15, 0.2) is 100 Å². The molecular weight excluding hydrogens is 741 g/mol. The lowest BCUT2D eigenvalue weighted by Crippen LogP contribution is -2.49. The summed E-state index contributed by atoms with van der Waals surface area (Å²) < 4.78 is 33.6. The zero-order valence-electron chi connectivity index (χ0n) is 28.4. The lowest BCUT2D eigenvalue weighted by atomic mass is 10.1. The topological polar surface area (TPSA) is 190 Å². The number of nitrogens with zero attached hydrogens (tertiary/aromatic N) is 6. The molecule has 1 aliphatic rings. The largest absolute Gasteiger partial charge is 0.492 e. The van der Waals surface area contributed by atoms with E-state index in [0.717, 1.165) is 22.1 Å². The Morgan fingerprint density at radius 3 is 2.49 bits per heavy atom. The zero-order chi connectivity index (χ0) is 37.4. The fraction of sp³-hybridized carbons (Fsp3) is 0.229. The number of rotatable bonds is 14. The highest BCUT2D eigenvalue weighted by atomic mass is 32.2. The summed E-state index contributed by atoms with van der Waals surface area (Å²) in [5.74, 6) is 0.613. The van der Waals surface area contributed by atoms with Crippen LogP contribution in [0.25, 0.3) is 11.1 Å². The van der Waals surface area contributed by atoms with E-state index in [1.807, 2.05) is 64.4 Å². The number of carbonyl (C=O) groups excluding carboxylic acids is 2. The summed E-state index contributed by atoms with van der Waals surface area (Å²) in [6.07, 6.45) is 3.37. The fourth-order valence-corrected chi connectivity index (χ4v) is 8.07. The van der Waals surface area contributed by atoms with Crippen LogP contribution >= 0.6 is 23.1 Å². The molecule has 2 N–H and O–H groups in total. The number of pyridine rings is 1. The van der Waals surface area contributed by atoms with E-state index in [1.54, 1.807) is 35.1 Å². The van der Waals surface area contributed by atoms with Gasteiger partial charge in [-0.2, -0.15) is 0 Å². The Hall–Kier alpha value is -5.59. The molecule has 6 rings (SSSR count). The summed E-state index contributed by atoms with van der Waals surface area (Å²) in [5.41, 5.74) is 1.19. The van der Waals surface area contributed by atoms with Crippen molar-refractivity contribution in [1.82, 2.24) is 24.8 Å². The lowest BCUT2D eigenvalue weighted by Gasteiger charge is -2.35. The molecule has 5 aromatic rings. The molecule has 0 unspecified atom stereocenters. The van der Waals surface area contributed by atoms with Gasteiger partial charge in [-0.05, 0) is 66.4 Å². The van der Waals surface area contributed by atoms with Gasteiger partial charge in [0.05, 0.1) is 27.5 Å². The molecule has 1 aliphatic heterocycles. The number of hydrogen-bond donors (Lipinski definition) is 2. The van der Waals surface area contributed by atoms with Crippen molar-refractivity contribution >= 4 is 62.1 Å². The minimum atomic E-state index is -4.49. The number of piperazine rings is 1. The lowest BCUT2D eigenvalue weighted by molar-refractivity contribution is -0.384. The van der Waals surface area contributed by atoms with Crippen molar-refractivity contribution in [3.8, 4) is 16.9 Å². The third-order valence-electron chi connectivity index (χ3n) is 8.07. The Balaban J connectivity index is 1.02. The maximum Gasteiger partial charge on any atom is 0.293 e. The van der Waals surface area contributed by atoms with Crippen LogP contribution < -0.4 is 19.7 Å². The molecule has 18 heteroatoms. The predicted octanol–water partition coefficient (Wildman–Crippen LogP) is 5.19. The van der Waals surface area contributed by atoms with E-state index in [-0.39, 0.29) is 17.3 Å². The van der Waals surface area contributed by atoms with E-state index in [0.29, 0.717) is 61.5 Å². The first kappa shape index (κ1) is 37.2. The normalized spacial score (nSPS) is 13.0. The monoisotopic (exact) mass is 774 g/mol. The summed E-state index contributed by atoms with van der Waals surface area (Å²) in [5, 5.41) is 24.7. The Morgan fingerprint density at radius 1 is 0.981 bits per heavy atom. The Kier molecular flexibility index (Phi) is 11.8. The summed E-state index contributed by atoms with van der Waals surface area (Å²) in [6.45, 7) is 4.62. The van der Waals surface area contributed by atoms with E-state index >= 15 is 0 Å². The van der Waals surface area contributed by atoms with Gasteiger partial charge in [-0.15, -0.1) is 33.3 Å². The molecule has 15 nitrogen and oxygen atoms in total. The van der Waals surface area contributed by atoms with Gasteiger partial charge in [0.25, 0.3) is 27.5 Å². The van der Waals surface area contributed by atoms with Gasteiger partial charge < -0.3 is 19.9 Å². The average Bonchev–Trinajstić information content (AvgIpc) is 3.67. The molecule has 2 amide bonds. The molecule has 3 aromatic heterocycles. The van der Waals surface area contributed by atoms with Gasteiger partial charge in [0.15, 0.2) is 11.5 Å². The van der Waals surface area contributed by atoms with Crippen LogP contribution in [0.2, 0.25) is 0 Å². The van der Waals surface area contributed by atoms with Gasteiger partial charge in [-0.1, -0.05) is 18.2 Å². The number of anilines is 2. The number of amides is 2. The number of thioether (sulfide) groups is 1. The number of benzene rings is 2. The first-order chi connectivity index (χ1) is 25.6. The summed E-state index contributed by atoms with van der Waals surface area (Å²) in [7, 11) is -4.49. The number of hydrogen-bond acceptors (Lipinski definition) is 14. The quantitative estimate of drug-likeness (QED) is 0.0650. The smallest absolute Gasteiger partial charge is 0.293 e. The van der Waals surface area contributed by atoms with Crippen LogP contribution in [0.4, 0.5) is 17.2 Å². The van der Waals surface area contributed by atoms with Crippen molar-refractivity contribution in [3.63, 3.8) is 0 Å². The van der Waals surface area contributed by atoms with Crippen molar-refractivity contribution in [2.45, 2.75) is 16.7 Å². The van der Waals surface area contributed by atoms with Gasteiger partial charge in [-0.25, -0.2) is 13.1 Å². The van der Waals surface area contributed by atoms with Crippen molar-refractivity contribution in [2.75, 3.05) is 55.3 Å². The number of nitrogens with one attached hydrogen (secondary N) is 2. The Morgan fingerprint density at radius 2 is 1.77 bits per heavy atom. The summed E-state index contributed by atoms with van der Waals surface area (Å²) in [6, 6.07) is 19.7. The number of thiophene rings is 1. The first-order valence-corrected chi connectivity index (χ1v) is 19.8. The summed E-state index contributed by atoms with van der Waals surface area (Å²) >= 11 is 2.93. The van der Waals surface area contributed by atoms with E-state index in [9.17, 15) is 28.1 Å². The van der Waals surface area contributed by atoms with Gasteiger partial charge in [0.2, 0.25) is 0 Å². The molecule has 1 saturated heterocycles. The second-order valence-electron chi connectivity index (χ2n) is 11.6. The second kappa shape index (κ2) is 16.8. The van der Waals surface area contributed by atoms with Crippen molar-refractivity contribution in [3.05, 3.63) is 111 Å². The van der Waals surface area contributed by atoms with Gasteiger partial charge >= 0.3 is 0 Å². The van der Waals surface area contributed by atoms with Gasteiger partial charge in [-0.3, -0.25) is 24.7 Å². The summed E-state index contributed by atoms with van der Waals surface area (Å²) in [4.78, 5) is 46.4. The van der Waals surface area contributed by atoms with Crippen LogP contribution in [-0.4, -0.2) is 90.3 Å². The average molecular weight is 775 g/mol. The molecule has 53 heavy (non-hydrogen) atoms. The standard InChI is InChI=1S/C35H34N8O7S3/c1-2-50-26-18-24(21-36-22-26)25-19-32(52-23-25)35(45)42-15-13-41(14-16-42)33-11-10-30(38-39-33)34(44)40-53(48,49)28-8-9-29(31(20-28)43(46)47)37-12-17-51-27-6-4-3-5-7-27/h3-11,18-23,37H,2,12-17H2,1H3,(H,40,44). The highest BCUT2D eigenvalue weighted by molar-refractivity contribution is 7.99. The van der Waals surface area contributed by atoms with E-state index in [4.69, 9.17) is 4.74 Å². The molecule has 4 heterocycles. The van der Waals surface area contributed by atoms with Crippen LogP contribution in [0.3, 0.4) is 0 Å². The number of nitro benzene ring substituents is 1. The third kappa shape index (κ3) is 9.26. The predicted molar refractivity (Wildman–Crippen MR) is 202 cm³/mol. The second-order valence-corrected chi connectivity index (χ2v) is 15.3. The maximum absolute atomic E-state index is 13.3. The van der Waals surface area contributed by atoms with E-state index in [1.165, 1.54) is 29.5 Å². The van der Waals surface area contributed by atoms with Crippen molar-refractivity contribution in [2.24, 2.45) is 0 Å². The van der Waals surface area contributed by atoms with Crippen LogP contribution in [0.5, 0.6) is 5.75 Å². The minimum Gasteiger partial charge on any atom is -0.492 e. The Labute approximate surface area is 313 Å². The van der Waals surface area contributed by atoms with E-state index in [2.05, 4.69) is 20.5 Å². The van der Waals surface area contributed by atoms with Gasteiger partial charge in [0, 0.05) is 61.2 Å². The van der Waals surface area contributed by atoms with Crippen LogP contribution in [0, 0.1) is 10.1 Å². The minimum absolute atomic E-state index is 0.0803. The number of nitro groups is 1. The number of ether oxygens (including phenoxy) is 1. The zero-order valence-corrected chi connectivity index (χ0v) is 30.8. The molecule has 0 radical (unpaired) electrons.